The molecule has 0 radical (unpaired) electrons. The molecule has 0 heterocycles. The minimum atomic E-state index is -1.32. The predicted molar refractivity (Wildman–Crippen MR) is 126 cm³/mol. The minimum Gasteiger partial charge on any atom is -0.508 e. The first kappa shape index (κ1) is 28.2. The lowest BCUT2D eigenvalue weighted by Crippen LogP contribution is -2.56. The first-order valence-electron chi connectivity index (χ1n) is 11.3. The van der Waals surface area contributed by atoms with Crippen molar-refractivity contribution in [3.8, 4) is 5.75 Å². The van der Waals surface area contributed by atoms with Gasteiger partial charge in [-0.1, -0.05) is 25.5 Å². The van der Waals surface area contributed by atoms with Gasteiger partial charge in [0.25, 0.3) is 0 Å². The lowest BCUT2D eigenvalue weighted by Gasteiger charge is -2.37. The van der Waals surface area contributed by atoms with Crippen LogP contribution in [0.3, 0.4) is 0 Å². The monoisotopic (exact) mass is 465 g/mol. The highest BCUT2D eigenvalue weighted by atomic mass is 16.6. The standard InChI is InChI=1S/C24H39N3O6/c1-8-10-16(4)25-21(30)20(17-11-9-12-18(29)13-17)27(15(2)3)22(31)19(14-28)26-23(32)33-24(5,6)7/h9,11-13,15-16,19-20,28-29H,8,10,14H2,1-7H3,(H,25,30)(H,26,32). The van der Waals surface area contributed by atoms with Gasteiger partial charge in [0, 0.05) is 12.1 Å². The lowest BCUT2D eigenvalue weighted by molar-refractivity contribution is -0.145. The molecule has 0 saturated carbocycles. The van der Waals surface area contributed by atoms with Gasteiger partial charge in [-0.2, -0.15) is 0 Å². The Balaban J connectivity index is 3.35. The van der Waals surface area contributed by atoms with Crippen molar-refractivity contribution in [2.75, 3.05) is 6.61 Å². The van der Waals surface area contributed by atoms with E-state index in [-0.39, 0.29) is 11.8 Å². The van der Waals surface area contributed by atoms with Crippen LogP contribution in [0.4, 0.5) is 4.79 Å². The van der Waals surface area contributed by atoms with E-state index < -0.39 is 48.2 Å². The van der Waals surface area contributed by atoms with Gasteiger partial charge in [-0.25, -0.2) is 4.79 Å². The smallest absolute Gasteiger partial charge is 0.408 e. The maximum Gasteiger partial charge on any atom is 0.408 e. The Morgan fingerprint density at radius 1 is 1.12 bits per heavy atom. The van der Waals surface area contributed by atoms with E-state index in [9.17, 15) is 24.6 Å². The fraction of sp³-hybridized carbons (Fsp3) is 0.625. The quantitative estimate of drug-likeness (QED) is 0.421. The number of carbonyl (C=O) groups excluding carboxylic acids is 3. The number of phenolic OH excluding ortho intramolecular Hbond substituents is 1. The van der Waals surface area contributed by atoms with Crippen LogP contribution in [0.5, 0.6) is 5.75 Å². The second-order valence-corrected chi connectivity index (χ2v) is 9.42. The molecule has 0 spiro atoms. The summed E-state index contributed by atoms with van der Waals surface area (Å²) in [5, 5.41) is 25.2. The van der Waals surface area contributed by atoms with E-state index in [1.165, 1.54) is 17.0 Å². The third kappa shape index (κ3) is 8.92. The average molecular weight is 466 g/mol. The second-order valence-electron chi connectivity index (χ2n) is 9.42. The number of rotatable bonds is 10. The van der Waals surface area contributed by atoms with Crippen molar-refractivity contribution in [2.45, 2.75) is 91.1 Å². The van der Waals surface area contributed by atoms with Gasteiger partial charge < -0.3 is 30.5 Å². The fourth-order valence-corrected chi connectivity index (χ4v) is 3.46. The fourth-order valence-electron chi connectivity index (χ4n) is 3.46. The highest BCUT2D eigenvalue weighted by Gasteiger charge is 2.38. The summed E-state index contributed by atoms with van der Waals surface area (Å²) in [5.74, 6) is -1.11. The molecule has 1 rings (SSSR count). The van der Waals surface area contributed by atoms with Crippen molar-refractivity contribution in [1.29, 1.82) is 0 Å². The van der Waals surface area contributed by atoms with Crippen molar-refractivity contribution < 1.29 is 29.3 Å². The first-order valence-corrected chi connectivity index (χ1v) is 11.3. The molecule has 9 heteroatoms. The molecule has 0 aromatic heterocycles. The van der Waals surface area contributed by atoms with Gasteiger partial charge in [0.05, 0.1) is 6.61 Å². The SMILES string of the molecule is CCCC(C)NC(=O)C(c1cccc(O)c1)N(C(=O)C(CO)NC(=O)OC(C)(C)C)C(C)C. The Labute approximate surface area is 196 Å². The largest absolute Gasteiger partial charge is 0.508 e. The zero-order valence-corrected chi connectivity index (χ0v) is 20.7. The number of aliphatic hydroxyl groups is 1. The zero-order valence-electron chi connectivity index (χ0n) is 20.7. The number of aliphatic hydroxyl groups excluding tert-OH is 1. The van der Waals surface area contributed by atoms with Gasteiger partial charge in [0.1, 0.15) is 23.4 Å². The van der Waals surface area contributed by atoms with E-state index in [0.29, 0.717) is 5.56 Å². The Morgan fingerprint density at radius 2 is 1.76 bits per heavy atom. The van der Waals surface area contributed by atoms with E-state index in [0.717, 1.165) is 12.8 Å². The number of hydrogen-bond acceptors (Lipinski definition) is 6. The number of nitrogens with zero attached hydrogens (tertiary/aromatic N) is 1. The molecule has 0 aliphatic carbocycles. The summed E-state index contributed by atoms with van der Waals surface area (Å²) >= 11 is 0. The Bertz CT molecular complexity index is 806. The zero-order chi connectivity index (χ0) is 25.3. The van der Waals surface area contributed by atoms with Crippen LogP contribution in [0, 0.1) is 0 Å². The van der Waals surface area contributed by atoms with Gasteiger partial charge >= 0.3 is 6.09 Å². The maximum atomic E-state index is 13.5. The Hall–Kier alpha value is -2.81. The van der Waals surface area contributed by atoms with Crippen LogP contribution in [0.25, 0.3) is 0 Å². The third-order valence-corrected chi connectivity index (χ3v) is 4.81. The van der Waals surface area contributed by atoms with E-state index in [2.05, 4.69) is 10.6 Å². The number of alkyl carbamates (subject to hydrolysis) is 1. The summed E-state index contributed by atoms with van der Waals surface area (Å²) in [5.41, 5.74) is -0.378. The van der Waals surface area contributed by atoms with Crippen molar-refractivity contribution in [2.24, 2.45) is 0 Å². The van der Waals surface area contributed by atoms with Crippen molar-refractivity contribution in [1.82, 2.24) is 15.5 Å². The number of amides is 3. The van der Waals surface area contributed by atoms with Gasteiger partial charge in [-0.15, -0.1) is 0 Å². The van der Waals surface area contributed by atoms with Crippen LogP contribution in [-0.2, 0) is 14.3 Å². The molecule has 0 aliphatic heterocycles. The molecule has 4 N–H and O–H groups in total. The molecular formula is C24H39N3O6. The second kappa shape index (κ2) is 12.4. The Kier molecular flexibility index (Phi) is 10.6. The summed E-state index contributed by atoms with van der Waals surface area (Å²) in [4.78, 5) is 40.4. The Morgan fingerprint density at radius 3 is 2.24 bits per heavy atom. The molecule has 1 aromatic rings. The van der Waals surface area contributed by atoms with Crippen LogP contribution in [-0.4, -0.2) is 63.4 Å². The molecule has 186 valence electrons. The minimum absolute atomic E-state index is 0.0475. The number of carbonyl (C=O) groups is 3. The summed E-state index contributed by atoms with van der Waals surface area (Å²) < 4.78 is 5.20. The first-order chi connectivity index (χ1) is 15.3. The van der Waals surface area contributed by atoms with Crippen LogP contribution >= 0.6 is 0 Å². The maximum absolute atomic E-state index is 13.5. The number of aromatic hydroxyl groups is 1. The van der Waals surface area contributed by atoms with Crippen LogP contribution in [0.2, 0.25) is 0 Å². The van der Waals surface area contributed by atoms with Gasteiger partial charge in [0.15, 0.2) is 0 Å². The van der Waals surface area contributed by atoms with Gasteiger partial charge in [-0.05, 0) is 65.7 Å². The molecule has 3 unspecified atom stereocenters. The predicted octanol–water partition coefficient (Wildman–Crippen LogP) is 2.86. The molecule has 1 aromatic carbocycles. The number of phenols is 1. The number of ether oxygens (including phenoxy) is 1. The van der Waals surface area contributed by atoms with Gasteiger partial charge in [0.2, 0.25) is 11.8 Å². The molecule has 9 nitrogen and oxygen atoms in total. The van der Waals surface area contributed by atoms with E-state index in [1.54, 1.807) is 46.8 Å². The number of nitrogens with one attached hydrogen (secondary N) is 2. The summed E-state index contributed by atoms with van der Waals surface area (Å²) in [6, 6.07) is 3.14. The number of hydrogen-bond donors (Lipinski definition) is 4. The average Bonchev–Trinajstić information content (AvgIpc) is 2.67. The van der Waals surface area contributed by atoms with Crippen LogP contribution < -0.4 is 10.6 Å². The molecule has 3 amide bonds. The molecule has 0 saturated heterocycles. The highest BCUT2D eigenvalue weighted by Crippen LogP contribution is 2.27. The number of benzene rings is 1. The summed E-state index contributed by atoms with van der Waals surface area (Å²) in [7, 11) is 0. The lowest BCUT2D eigenvalue weighted by atomic mass is 10.00. The molecule has 33 heavy (non-hydrogen) atoms. The molecule has 0 bridgehead atoms. The molecule has 0 fully saturated rings. The van der Waals surface area contributed by atoms with Crippen LogP contribution in [0.15, 0.2) is 24.3 Å². The van der Waals surface area contributed by atoms with E-state index in [1.807, 2.05) is 13.8 Å². The summed E-state index contributed by atoms with van der Waals surface area (Å²) in [6.45, 7) is 11.7. The van der Waals surface area contributed by atoms with Gasteiger partial charge in [-0.3, -0.25) is 9.59 Å². The molecule has 0 aliphatic rings. The van der Waals surface area contributed by atoms with E-state index >= 15 is 0 Å². The highest BCUT2D eigenvalue weighted by molar-refractivity contribution is 5.92. The van der Waals surface area contributed by atoms with Crippen molar-refractivity contribution in [3.05, 3.63) is 29.8 Å². The molecule has 3 atom stereocenters. The topological polar surface area (TPSA) is 128 Å². The van der Waals surface area contributed by atoms with Crippen LogP contribution in [0.1, 0.15) is 72.9 Å². The summed E-state index contributed by atoms with van der Waals surface area (Å²) in [6.07, 6.45) is 0.777. The normalized spacial score (nSPS) is 14.2. The van der Waals surface area contributed by atoms with Crippen molar-refractivity contribution in [3.63, 3.8) is 0 Å². The van der Waals surface area contributed by atoms with E-state index in [4.69, 9.17) is 4.74 Å². The third-order valence-electron chi connectivity index (χ3n) is 4.81. The van der Waals surface area contributed by atoms with Crippen molar-refractivity contribution >= 4 is 17.9 Å². The molecular weight excluding hydrogens is 426 g/mol.